The molecule has 6 atom stereocenters. The first-order valence-corrected chi connectivity index (χ1v) is 15.0. The van der Waals surface area contributed by atoms with Crippen LogP contribution >= 0.6 is 11.8 Å². The summed E-state index contributed by atoms with van der Waals surface area (Å²) in [6, 6.07) is 0. The summed E-state index contributed by atoms with van der Waals surface area (Å²) in [4.78, 5) is 0. The van der Waals surface area contributed by atoms with Crippen molar-refractivity contribution in [1.29, 1.82) is 0 Å². The van der Waals surface area contributed by atoms with Gasteiger partial charge in [-0.15, -0.1) is 11.8 Å². The van der Waals surface area contributed by atoms with E-state index in [1.165, 1.54) is 0 Å². The Morgan fingerprint density at radius 3 is 1.88 bits per heavy atom. The minimum Gasteiger partial charge on any atom is -0.380 e. The lowest BCUT2D eigenvalue weighted by molar-refractivity contribution is -0.221. The lowest BCUT2D eigenvalue weighted by Gasteiger charge is -2.46. The van der Waals surface area contributed by atoms with Gasteiger partial charge in [0.25, 0.3) is 0 Å². The molecule has 34 heavy (non-hydrogen) atoms. The summed E-state index contributed by atoms with van der Waals surface area (Å²) in [5, 5.41) is 0.139. The van der Waals surface area contributed by atoms with Crippen LogP contribution in [0.5, 0.6) is 0 Å². The van der Waals surface area contributed by atoms with Crippen molar-refractivity contribution in [2.75, 3.05) is 39.6 Å². The molecule has 6 nitrogen and oxygen atoms in total. The van der Waals surface area contributed by atoms with E-state index in [0.29, 0.717) is 19.8 Å². The zero-order valence-electron chi connectivity index (χ0n) is 22.3. The van der Waals surface area contributed by atoms with Crippen LogP contribution in [-0.2, 0) is 28.4 Å². The zero-order valence-corrected chi connectivity index (χ0v) is 23.2. The number of ether oxygens (including phenoxy) is 6. The molecule has 0 saturated carbocycles. The molecule has 2 fully saturated rings. The van der Waals surface area contributed by atoms with Gasteiger partial charge in [0.15, 0.2) is 6.29 Å². The summed E-state index contributed by atoms with van der Waals surface area (Å²) in [5.41, 5.74) is -0.155. The Hall–Kier alpha value is 0.110. The Morgan fingerprint density at radius 2 is 1.29 bits per heavy atom. The van der Waals surface area contributed by atoms with E-state index in [4.69, 9.17) is 28.4 Å². The molecule has 0 aromatic carbocycles. The molecule has 202 valence electrons. The molecular formula is C27H52O6S. The zero-order chi connectivity index (χ0) is 24.4. The summed E-state index contributed by atoms with van der Waals surface area (Å²) in [6.45, 7) is 13.1. The molecule has 2 rings (SSSR count). The Labute approximate surface area is 213 Å². The molecular weight excluding hydrogens is 452 g/mol. The van der Waals surface area contributed by atoms with Gasteiger partial charge in [0, 0.05) is 33.0 Å². The monoisotopic (exact) mass is 504 g/mol. The van der Waals surface area contributed by atoms with E-state index in [9.17, 15) is 0 Å². The van der Waals surface area contributed by atoms with E-state index in [1.54, 1.807) is 11.8 Å². The molecule has 0 aliphatic carbocycles. The summed E-state index contributed by atoms with van der Waals surface area (Å²) in [5.74, 6) is 0. The quantitative estimate of drug-likeness (QED) is 0.190. The maximum Gasteiger partial charge on any atom is 0.159 e. The average Bonchev–Trinajstić information content (AvgIpc) is 2.85. The molecule has 0 radical (unpaired) electrons. The fraction of sp³-hybridized carbons (Fsp3) is 1.00. The van der Waals surface area contributed by atoms with E-state index < -0.39 is 0 Å². The molecule has 2 aliphatic heterocycles. The Morgan fingerprint density at radius 1 is 0.706 bits per heavy atom. The van der Waals surface area contributed by atoms with Crippen LogP contribution in [0.3, 0.4) is 0 Å². The van der Waals surface area contributed by atoms with Gasteiger partial charge in [0.2, 0.25) is 0 Å². The number of unbranched alkanes of at least 4 members (excludes halogenated alkanes) is 4. The fourth-order valence-electron chi connectivity index (χ4n) is 4.19. The van der Waals surface area contributed by atoms with Crippen molar-refractivity contribution in [1.82, 2.24) is 0 Å². The lowest BCUT2D eigenvalue weighted by Crippen LogP contribution is -2.58. The Balaban J connectivity index is 2.21. The number of rotatable bonds is 19. The smallest absolute Gasteiger partial charge is 0.159 e. The SMILES string of the molecule is CCCCOC[C@H]1SC(OC2CCCCO2)[C@H](OCCCC)[C@@H](OCCCC)[C@@H]1OCCCC. The van der Waals surface area contributed by atoms with Gasteiger partial charge >= 0.3 is 0 Å². The normalized spacial score (nSPS) is 30.0. The van der Waals surface area contributed by atoms with Gasteiger partial charge in [0.1, 0.15) is 23.7 Å². The molecule has 2 heterocycles. The van der Waals surface area contributed by atoms with Crippen molar-refractivity contribution in [3.05, 3.63) is 0 Å². The van der Waals surface area contributed by atoms with Crippen LogP contribution in [0.15, 0.2) is 0 Å². The van der Waals surface area contributed by atoms with Crippen LogP contribution in [0.1, 0.15) is 98.3 Å². The topological polar surface area (TPSA) is 55.4 Å². The van der Waals surface area contributed by atoms with Crippen molar-refractivity contribution in [2.45, 2.75) is 134 Å². The van der Waals surface area contributed by atoms with E-state index in [2.05, 4.69) is 27.7 Å². The van der Waals surface area contributed by atoms with E-state index >= 15 is 0 Å². The minimum atomic E-state index is -0.183. The molecule has 2 unspecified atom stereocenters. The summed E-state index contributed by atoms with van der Waals surface area (Å²) in [7, 11) is 0. The van der Waals surface area contributed by atoms with Gasteiger partial charge < -0.3 is 28.4 Å². The second-order valence-electron chi connectivity index (χ2n) is 9.47. The molecule has 2 saturated heterocycles. The van der Waals surface area contributed by atoms with Crippen molar-refractivity contribution in [2.24, 2.45) is 0 Å². The van der Waals surface area contributed by atoms with Gasteiger partial charge in [-0.25, -0.2) is 0 Å². The summed E-state index contributed by atoms with van der Waals surface area (Å²) in [6.07, 6.45) is 11.2. The molecule has 0 aromatic heterocycles. The van der Waals surface area contributed by atoms with Gasteiger partial charge in [-0.3, -0.25) is 0 Å². The number of thioether (sulfide) groups is 1. The average molecular weight is 505 g/mol. The maximum atomic E-state index is 6.57. The second kappa shape index (κ2) is 19.3. The van der Waals surface area contributed by atoms with Gasteiger partial charge in [-0.2, -0.15) is 0 Å². The first kappa shape index (κ1) is 30.3. The van der Waals surface area contributed by atoms with Crippen molar-refractivity contribution < 1.29 is 28.4 Å². The predicted octanol–water partition coefficient (Wildman–Crippen LogP) is 6.34. The van der Waals surface area contributed by atoms with Crippen LogP contribution in [0.4, 0.5) is 0 Å². The van der Waals surface area contributed by atoms with Gasteiger partial charge in [0.05, 0.1) is 11.9 Å². The fourth-order valence-corrected chi connectivity index (χ4v) is 5.68. The highest BCUT2D eigenvalue weighted by Crippen LogP contribution is 2.40. The van der Waals surface area contributed by atoms with Crippen LogP contribution in [0, 0.1) is 0 Å². The molecule has 7 heteroatoms. The molecule has 0 amide bonds. The van der Waals surface area contributed by atoms with E-state index in [0.717, 1.165) is 90.4 Å². The van der Waals surface area contributed by atoms with Crippen molar-refractivity contribution in [3.8, 4) is 0 Å². The highest BCUT2D eigenvalue weighted by molar-refractivity contribution is 8.00. The standard InChI is InChI=1S/C27H52O6S/c1-5-9-16-28-21-22-24(30-17-10-6-2)25(31-18-11-7-3)26(32-19-12-8-4)27(34-22)33-23-15-13-14-20-29-23/h22-27H,5-21H2,1-4H3/t22-,23?,24-,25+,26-,27?/m1/s1. The van der Waals surface area contributed by atoms with E-state index in [1.807, 2.05) is 0 Å². The molecule has 2 aliphatic rings. The number of hydrogen-bond acceptors (Lipinski definition) is 7. The predicted molar refractivity (Wildman–Crippen MR) is 140 cm³/mol. The van der Waals surface area contributed by atoms with Crippen molar-refractivity contribution >= 4 is 11.8 Å². The second-order valence-corrected chi connectivity index (χ2v) is 10.8. The largest absolute Gasteiger partial charge is 0.380 e. The summed E-state index contributed by atoms with van der Waals surface area (Å²) >= 11 is 1.80. The Bertz CT molecular complexity index is 476. The molecule has 0 spiro atoms. The molecule has 0 aromatic rings. The van der Waals surface area contributed by atoms with Crippen molar-refractivity contribution in [3.63, 3.8) is 0 Å². The first-order valence-electron chi connectivity index (χ1n) is 14.1. The van der Waals surface area contributed by atoms with Crippen LogP contribution in [0.2, 0.25) is 0 Å². The van der Waals surface area contributed by atoms with Crippen LogP contribution in [-0.4, -0.2) is 74.9 Å². The number of hydrogen-bond donors (Lipinski definition) is 0. The minimum absolute atomic E-state index is 0.0752. The van der Waals surface area contributed by atoms with Crippen LogP contribution in [0.25, 0.3) is 0 Å². The van der Waals surface area contributed by atoms with E-state index in [-0.39, 0.29) is 35.3 Å². The third-order valence-corrected chi connectivity index (χ3v) is 7.77. The first-order chi connectivity index (χ1) is 16.7. The van der Waals surface area contributed by atoms with Gasteiger partial charge in [-0.1, -0.05) is 53.4 Å². The van der Waals surface area contributed by atoms with Crippen LogP contribution < -0.4 is 0 Å². The molecule has 0 N–H and O–H groups in total. The summed E-state index contributed by atoms with van der Waals surface area (Å²) < 4.78 is 38.2. The Kier molecular flexibility index (Phi) is 17.2. The lowest BCUT2D eigenvalue weighted by atomic mass is 10.0. The third-order valence-electron chi connectivity index (χ3n) is 6.36. The molecule has 0 bridgehead atoms. The highest BCUT2D eigenvalue weighted by Gasteiger charge is 2.49. The van der Waals surface area contributed by atoms with Gasteiger partial charge in [-0.05, 0) is 44.9 Å². The highest BCUT2D eigenvalue weighted by atomic mass is 32.2. The maximum absolute atomic E-state index is 6.57. The third kappa shape index (κ3) is 11.0.